The Balaban J connectivity index is 0.00000280. The van der Waals surface area contributed by atoms with Gasteiger partial charge in [0.1, 0.15) is 11.4 Å². The first kappa shape index (κ1) is 23.0. The number of piperidine rings is 2. The number of ether oxygens (including phenoxy) is 1. The highest BCUT2D eigenvalue weighted by Gasteiger charge is 2.43. The molecule has 0 spiro atoms. The first-order valence-electron chi connectivity index (χ1n) is 9.19. The Morgan fingerprint density at radius 3 is 2.71 bits per heavy atom. The fourth-order valence-electron chi connectivity index (χ4n) is 3.80. The van der Waals surface area contributed by atoms with Gasteiger partial charge in [-0.05, 0) is 57.0 Å². The highest BCUT2D eigenvalue weighted by Crippen LogP contribution is 2.27. The van der Waals surface area contributed by atoms with Crippen LogP contribution in [0.2, 0.25) is 0 Å². The molecule has 28 heavy (non-hydrogen) atoms. The molecular weight excluding hydrogens is 409 g/mol. The number of nitrogens with zero attached hydrogens (tertiary/aromatic N) is 1. The summed E-state index contributed by atoms with van der Waals surface area (Å²) in [6.45, 7) is 2.29. The summed E-state index contributed by atoms with van der Waals surface area (Å²) in [5, 5.41) is 3.22. The number of sulfonamides is 1. The summed E-state index contributed by atoms with van der Waals surface area (Å²) in [6, 6.07) is 4.49. The fourth-order valence-corrected chi connectivity index (χ4v) is 5.10. The van der Waals surface area contributed by atoms with Crippen LogP contribution >= 0.6 is 12.4 Å². The Morgan fingerprint density at radius 2 is 2.07 bits per heavy atom. The van der Waals surface area contributed by atoms with Crippen LogP contribution in [0.3, 0.4) is 0 Å². The molecule has 0 radical (unpaired) electrons. The molecule has 7 nitrogen and oxygen atoms in total. The van der Waals surface area contributed by atoms with Crippen LogP contribution in [0.4, 0.5) is 4.39 Å². The van der Waals surface area contributed by atoms with Crippen molar-refractivity contribution in [2.75, 3.05) is 33.3 Å². The van der Waals surface area contributed by atoms with Gasteiger partial charge in [0, 0.05) is 26.2 Å². The molecule has 2 saturated heterocycles. The van der Waals surface area contributed by atoms with Gasteiger partial charge in [0.15, 0.2) is 0 Å². The molecule has 1 amide bonds. The molecule has 2 fully saturated rings. The van der Waals surface area contributed by atoms with Crippen LogP contribution in [0.25, 0.3) is 0 Å². The summed E-state index contributed by atoms with van der Waals surface area (Å²) in [4.78, 5) is 14.7. The number of hydrogen-bond donors (Lipinski definition) is 2. The van der Waals surface area contributed by atoms with Gasteiger partial charge in [-0.25, -0.2) is 17.5 Å². The zero-order chi connectivity index (χ0) is 19.5. The van der Waals surface area contributed by atoms with Gasteiger partial charge >= 0.3 is 0 Å². The van der Waals surface area contributed by atoms with Crippen molar-refractivity contribution in [1.82, 2.24) is 14.9 Å². The molecule has 0 aromatic heterocycles. The third-order valence-corrected chi connectivity index (χ3v) is 6.85. The maximum Gasteiger partial charge on any atom is 0.254 e. The number of likely N-dealkylation sites (tertiary alicyclic amines) is 1. The first-order valence-corrected chi connectivity index (χ1v) is 10.7. The van der Waals surface area contributed by atoms with E-state index in [1.807, 2.05) is 0 Å². The summed E-state index contributed by atoms with van der Waals surface area (Å²) < 4.78 is 46.7. The van der Waals surface area contributed by atoms with E-state index >= 15 is 0 Å². The topological polar surface area (TPSA) is 87.7 Å². The van der Waals surface area contributed by atoms with E-state index in [0.29, 0.717) is 45.3 Å². The summed E-state index contributed by atoms with van der Waals surface area (Å²) in [7, 11) is -2.29. The lowest BCUT2D eigenvalue weighted by Crippen LogP contribution is -2.59. The number of benzene rings is 1. The predicted molar refractivity (Wildman–Crippen MR) is 105 cm³/mol. The largest absolute Gasteiger partial charge is 0.368 e. The van der Waals surface area contributed by atoms with Crippen molar-refractivity contribution in [3.05, 3.63) is 30.1 Å². The Bertz CT molecular complexity index is 787. The number of carbonyl (C=O) groups is 1. The molecule has 0 saturated carbocycles. The van der Waals surface area contributed by atoms with Crippen LogP contribution < -0.4 is 10.0 Å². The van der Waals surface area contributed by atoms with Gasteiger partial charge in [0.05, 0.1) is 4.90 Å². The third kappa shape index (κ3) is 5.01. The number of rotatable bonds is 5. The van der Waals surface area contributed by atoms with E-state index in [2.05, 4.69) is 10.0 Å². The second kappa shape index (κ2) is 9.49. The number of amides is 1. The monoisotopic (exact) mass is 435 g/mol. The molecule has 1 unspecified atom stereocenters. The van der Waals surface area contributed by atoms with E-state index in [1.54, 1.807) is 12.0 Å². The van der Waals surface area contributed by atoms with Gasteiger partial charge in [0.2, 0.25) is 10.0 Å². The second-order valence-corrected chi connectivity index (χ2v) is 8.83. The molecule has 1 aromatic carbocycles. The highest BCUT2D eigenvalue weighted by molar-refractivity contribution is 7.89. The van der Waals surface area contributed by atoms with E-state index < -0.39 is 27.5 Å². The minimum atomic E-state index is -3.85. The molecule has 1 aromatic rings. The van der Waals surface area contributed by atoms with Crippen molar-refractivity contribution in [2.45, 2.75) is 42.2 Å². The lowest BCUT2D eigenvalue weighted by molar-refractivity contribution is -0.159. The molecule has 0 bridgehead atoms. The van der Waals surface area contributed by atoms with Gasteiger partial charge in [0.25, 0.3) is 5.91 Å². The molecule has 10 heteroatoms. The minimum Gasteiger partial charge on any atom is -0.368 e. The Labute approximate surface area is 171 Å². The molecule has 2 aliphatic rings. The summed E-state index contributed by atoms with van der Waals surface area (Å²) >= 11 is 0. The minimum absolute atomic E-state index is 0. The average molecular weight is 436 g/mol. The maximum absolute atomic E-state index is 13.4. The molecule has 0 aliphatic carbocycles. The fraction of sp³-hybridized carbons (Fsp3) is 0.611. The van der Waals surface area contributed by atoms with Gasteiger partial charge < -0.3 is 15.0 Å². The van der Waals surface area contributed by atoms with E-state index in [0.717, 1.165) is 6.07 Å². The molecule has 3 rings (SSSR count). The summed E-state index contributed by atoms with van der Waals surface area (Å²) in [5.74, 6) is -0.688. The standard InChI is InChI=1S/C18H26FN3O4S.ClH/c1-26-18(7-9-20-10-8-18)17(23)22-11-3-5-15(13-22)21-27(24,25)16-6-2-4-14(19)12-16;/h2,4,6,12,15,20-21H,3,5,7-11,13H2,1H3;1H. The number of carbonyl (C=O) groups excluding carboxylic acids is 1. The molecule has 2 aliphatic heterocycles. The van der Waals surface area contributed by atoms with Crippen LogP contribution in [-0.4, -0.2) is 64.2 Å². The van der Waals surface area contributed by atoms with Crippen LogP contribution in [0.15, 0.2) is 29.2 Å². The van der Waals surface area contributed by atoms with Gasteiger partial charge in [-0.1, -0.05) is 6.07 Å². The van der Waals surface area contributed by atoms with Gasteiger partial charge in [-0.3, -0.25) is 4.79 Å². The van der Waals surface area contributed by atoms with E-state index in [-0.39, 0.29) is 29.8 Å². The maximum atomic E-state index is 13.4. The van der Waals surface area contributed by atoms with Crippen molar-refractivity contribution >= 4 is 28.3 Å². The van der Waals surface area contributed by atoms with Crippen LogP contribution in [0, 0.1) is 5.82 Å². The highest BCUT2D eigenvalue weighted by atomic mass is 35.5. The normalized spacial score (nSPS) is 22.4. The molecule has 2 heterocycles. The SMILES string of the molecule is COC1(C(=O)N2CCCC(NS(=O)(=O)c3cccc(F)c3)C2)CCNCC1.Cl. The zero-order valence-corrected chi connectivity index (χ0v) is 17.5. The van der Waals surface area contributed by atoms with Crippen LogP contribution in [-0.2, 0) is 19.6 Å². The van der Waals surface area contributed by atoms with Crippen molar-refractivity contribution in [1.29, 1.82) is 0 Å². The van der Waals surface area contributed by atoms with E-state index in [1.165, 1.54) is 18.2 Å². The van der Waals surface area contributed by atoms with E-state index in [9.17, 15) is 17.6 Å². The average Bonchev–Trinajstić information content (AvgIpc) is 2.68. The van der Waals surface area contributed by atoms with Crippen molar-refractivity contribution in [3.63, 3.8) is 0 Å². The van der Waals surface area contributed by atoms with Crippen LogP contribution in [0.5, 0.6) is 0 Å². The van der Waals surface area contributed by atoms with Crippen molar-refractivity contribution in [3.8, 4) is 0 Å². The first-order chi connectivity index (χ1) is 12.9. The van der Waals surface area contributed by atoms with Crippen molar-refractivity contribution < 1.29 is 22.3 Å². The van der Waals surface area contributed by atoms with Gasteiger partial charge in [-0.2, -0.15) is 0 Å². The smallest absolute Gasteiger partial charge is 0.254 e. The predicted octanol–water partition coefficient (Wildman–Crippen LogP) is 1.29. The molecule has 158 valence electrons. The van der Waals surface area contributed by atoms with Gasteiger partial charge in [-0.15, -0.1) is 12.4 Å². The number of halogens is 2. The van der Waals surface area contributed by atoms with Crippen molar-refractivity contribution in [2.24, 2.45) is 0 Å². The Morgan fingerprint density at radius 1 is 1.36 bits per heavy atom. The third-order valence-electron chi connectivity index (χ3n) is 5.33. The van der Waals surface area contributed by atoms with E-state index in [4.69, 9.17) is 4.74 Å². The summed E-state index contributed by atoms with van der Waals surface area (Å²) in [6.07, 6.45) is 2.51. The second-order valence-electron chi connectivity index (χ2n) is 7.12. The lowest BCUT2D eigenvalue weighted by atomic mass is 9.89. The van der Waals surface area contributed by atoms with Crippen LogP contribution in [0.1, 0.15) is 25.7 Å². The molecule has 2 N–H and O–H groups in total. The molecular formula is C18H27ClFN3O4S. The zero-order valence-electron chi connectivity index (χ0n) is 15.8. The Hall–Kier alpha value is -1.26. The number of nitrogens with one attached hydrogen (secondary N) is 2. The lowest BCUT2D eigenvalue weighted by Gasteiger charge is -2.41. The molecule has 1 atom stereocenters. The Kier molecular flexibility index (Phi) is 7.81. The number of hydrogen-bond acceptors (Lipinski definition) is 5. The summed E-state index contributed by atoms with van der Waals surface area (Å²) in [5.41, 5.74) is -0.839. The quantitative estimate of drug-likeness (QED) is 0.727. The number of methoxy groups -OCH3 is 1.